The van der Waals surface area contributed by atoms with E-state index in [4.69, 9.17) is 39.5 Å². The first kappa shape index (κ1) is 36.5. The van der Waals surface area contributed by atoms with Gasteiger partial charge in [0.25, 0.3) is 15.7 Å². The van der Waals surface area contributed by atoms with Crippen LogP contribution in [0, 0.1) is 17.0 Å². The molecule has 252 valence electrons. The van der Waals surface area contributed by atoms with Gasteiger partial charge in [-0.15, -0.1) is 0 Å². The third-order valence-corrected chi connectivity index (χ3v) is 10.1. The SMILES string of the molecule is CNC(=O)[C@H](Cc1ccccc1)N(Cc1ccc(Cl)cc1Cl)C(=O)CN(c1cc(Cl)ccc1OC)S(=O)(=O)c1ccc(C)c([N+](=O)[O-])c1. The number of halogens is 3. The second kappa shape index (κ2) is 15.7. The van der Waals surface area contributed by atoms with Gasteiger partial charge in [0, 0.05) is 46.7 Å². The van der Waals surface area contributed by atoms with Crippen molar-refractivity contribution in [3.05, 3.63) is 127 Å². The predicted molar refractivity (Wildman–Crippen MR) is 185 cm³/mol. The second-order valence-corrected chi connectivity index (χ2v) is 13.8. The summed E-state index contributed by atoms with van der Waals surface area (Å²) in [6.07, 6.45) is 0.0782. The maximum Gasteiger partial charge on any atom is 0.273 e. The highest BCUT2D eigenvalue weighted by Gasteiger charge is 2.36. The van der Waals surface area contributed by atoms with Crippen LogP contribution in [-0.2, 0) is 32.6 Å². The lowest BCUT2D eigenvalue weighted by Crippen LogP contribution is -2.53. The Hall–Kier alpha value is -4.36. The molecule has 11 nitrogen and oxygen atoms in total. The molecule has 0 saturated carbocycles. The van der Waals surface area contributed by atoms with Crippen LogP contribution in [-0.4, -0.2) is 56.8 Å². The lowest BCUT2D eigenvalue weighted by molar-refractivity contribution is -0.385. The third-order valence-electron chi connectivity index (χ3n) is 7.53. The molecule has 4 aromatic carbocycles. The number of amides is 2. The number of rotatable bonds is 13. The van der Waals surface area contributed by atoms with Crippen LogP contribution < -0.4 is 14.4 Å². The number of likely N-dealkylation sites (N-methyl/N-ethyl adjacent to an activating group) is 1. The highest BCUT2D eigenvalue weighted by atomic mass is 35.5. The van der Waals surface area contributed by atoms with E-state index >= 15 is 0 Å². The van der Waals surface area contributed by atoms with Crippen molar-refractivity contribution in [2.24, 2.45) is 0 Å². The molecule has 0 heterocycles. The summed E-state index contributed by atoms with van der Waals surface area (Å²) in [7, 11) is -1.96. The Kier molecular flexibility index (Phi) is 11.9. The normalized spacial score (nSPS) is 11.8. The monoisotopic (exact) mass is 732 g/mol. The quantitative estimate of drug-likeness (QED) is 0.123. The molecule has 0 unspecified atom stereocenters. The molecule has 15 heteroatoms. The molecule has 4 aromatic rings. The van der Waals surface area contributed by atoms with Crippen LogP contribution in [0.5, 0.6) is 5.75 Å². The average molecular weight is 734 g/mol. The number of nitro benzene ring substituents is 1. The Balaban J connectivity index is 1.89. The van der Waals surface area contributed by atoms with Gasteiger partial charge >= 0.3 is 0 Å². The fourth-order valence-corrected chi connectivity index (χ4v) is 7.07. The van der Waals surface area contributed by atoms with Gasteiger partial charge in [-0.25, -0.2) is 8.42 Å². The van der Waals surface area contributed by atoms with E-state index in [9.17, 15) is 28.1 Å². The molecule has 2 amide bonds. The summed E-state index contributed by atoms with van der Waals surface area (Å²) in [4.78, 5) is 39.8. The topological polar surface area (TPSA) is 139 Å². The highest BCUT2D eigenvalue weighted by molar-refractivity contribution is 7.92. The fraction of sp³-hybridized carbons (Fsp3) is 0.212. The van der Waals surface area contributed by atoms with Crippen LogP contribution in [0.3, 0.4) is 0 Å². The van der Waals surface area contributed by atoms with E-state index in [1.165, 1.54) is 62.4 Å². The lowest BCUT2D eigenvalue weighted by Gasteiger charge is -2.34. The van der Waals surface area contributed by atoms with Crippen LogP contribution in [0.15, 0.2) is 89.8 Å². The van der Waals surface area contributed by atoms with Crippen molar-refractivity contribution < 1.29 is 27.7 Å². The summed E-state index contributed by atoms with van der Waals surface area (Å²) in [6.45, 7) is 0.422. The van der Waals surface area contributed by atoms with E-state index in [1.54, 1.807) is 36.4 Å². The third kappa shape index (κ3) is 8.37. The predicted octanol–water partition coefficient (Wildman–Crippen LogP) is 6.45. The molecule has 0 aliphatic heterocycles. The molecule has 0 aliphatic rings. The number of nitro groups is 1. The number of methoxy groups -OCH3 is 1. The van der Waals surface area contributed by atoms with Gasteiger partial charge in [-0.3, -0.25) is 24.0 Å². The molecular formula is C33H31Cl3N4O7S. The van der Waals surface area contributed by atoms with Crippen LogP contribution in [0.2, 0.25) is 15.1 Å². The number of carbonyl (C=O) groups is 2. The first-order valence-corrected chi connectivity index (χ1v) is 16.9. The minimum atomic E-state index is -4.70. The van der Waals surface area contributed by atoms with Gasteiger partial charge in [0.2, 0.25) is 11.8 Å². The number of hydrogen-bond donors (Lipinski definition) is 1. The molecular weight excluding hydrogens is 703 g/mol. The minimum Gasteiger partial charge on any atom is -0.495 e. The van der Waals surface area contributed by atoms with Gasteiger partial charge in [-0.1, -0.05) is 77.3 Å². The van der Waals surface area contributed by atoms with Crippen molar-refractivity contribution >= 4 is 68.0 Å². The molecule has 0 aliphatic carbocycles. The summed E-state index contributed by atoms with van der Waals surface area (Å²) in [5, 5.41) is 15.0. The van der Waals surface area contributed by atoms with Gasteiger partial charge < -0.3 is 15.0 Å². The van der Waals surface area contributed by atoms with Crippen molar-refractivity contribution in [2.45, 2.75) is 30.8 Å². The summed E-state index contributed by atoms with van der Waals surface area (Å²) in [6, 6.07) is 20.2. The highest BCUT2D eigenvalue weighted by Crippen LogP contribution is 2.36. The largest absolute Gasteiger partial charge is 0.495 e. The molecule has 1 N–H and O–H groups in total. The molecule has 1 atom stereocenters. The number of nitrogens with zero attached hydrogens (tertiary/aromatic N) is 3. The standard InChI is InChI=1S/C33H31Cl3N4O7S/c1-21-9-13-26(18-28(21)40(43)44)48(45,46)39(29-17-25(35)12-14-31(29)47-3)20-32(41)38(19-23-10-11-24(34)16-27(23)36)30(33(42)37-2)15-22-7-5-4-6-8-22/h4-14,16-18,30H,15,19-20H2,1-3H3,(H,37,42)/t30-/m0/s1. The van der Waals surface area contributed by atoms with Crippen LogP contribution >= 0.6 is 34.8 Å². The van der Waals surface area contributed by atoms with Crippen molar-refractivity contribution in [3.8, 4) is 5.75 Å². The molecule has 0 fully saturated rings. The zero-order chi connectivity index (χ0) is 35.2. The average Bonchev–Trinajstić information content (AvgIpc) is 3.06. The maximum atomic E-state index is 14.5. The van der Waals surface area contributed by atoms with E-state index in [-0.39, 0.29) is 40.0 Å². The van der Waals surface area contributed by atoms with Crippen LogP contribution in [0.1, 0.15) is 16.7 Å². The number of aryl methyl sites for hydroxylation is 1. The smallest absolute Gasteiger partial charge is 0.273 e. The Morgan fingerprint density at radius 3 is 2.25 bits per heavy atom. The number of anilines is 1. The number of nitrogens with one attached hydrogen (secondary N) is 1. The Morgan fingerprint density at radius 2 is 1.62 bits per heavy atom. The van der Waals surface area contributed by atoms with Gasteiger partial charge in [-0.05, 0) is 54.4 Å². The van der Waals surface area contributed by atoms with Crippen molar-refractivity contribution in [3.63, 3.8) is 0 Å². The van der Waals surface area contributed by atoms with Crippen LogP contribution in [0.25, 0.3) is 0 Å². The molecule has 0 saturated heterocycles. The number of hydrogen-bond acceptors (Lipinski definition) is 7. The summed E-state index contributed by atoms with van der Waals surface area (Å²) >= 11 is 18.9. The van der Waals surface area contributed by atoms with Gasteiger partial charge in [0.15, 0.2) is 0 Å². The van der Waals surface area contributed by atoms with E-state index < -0.39 is 49.9 Å². The van der Waals surface area contributed by atoms with E-state index in [2.05, 4.69) is 5.32 Å². The molecule has 0 spiro atoms. The Bertz CT molecular complexity index is 1950. The van der Waals surface area contributed by atoms with Crippen molar-refractivity contribution in [1.29, 1.82) is 0 Å². The Labute approximate surface area is 293 Å². The first-order chi connectivity index (χ1) is 22.8. The van der Waals surface area contributed by atoms with E-state index in [0.717, 1.165) is 15.9 Å². The number of benzene rings is 4. The number of ether oxygens (including phenoxy) is 1. The maximum absolute atomic E-state index is 14.5. The molecule has 0 aromatic heterocycles. The zero-order valence-corrected chi connectivity index (χ0v) is 29.1. The van der Waals surface area contributed by atoms with Crippen LogP contribution in [0.4, 0.5) is 11.4 Å². The summed E-state index contributed by atoms with van der Waals surface area (Å²) in [5.41, 5.74) is 0.883. The van der Waals surface area contributed by atoms with Gasteiger partial charge in [0.05, 0.1) is 22.6 Å². The van der Waals surface area contributed by atoms with Gasteiger partial charge in [-0.2, -0.15) is 0 Å². The lowest BCUT2D eigenvalue weighted by atomic mass is 10.0. The van der Waals surface area contributed by atoms with Crippen molar-refractivity contribution in [1.82, 2.24) is 10.2 Å². The Morgan fingerprint density at radius 1 is 0.958 bits per heavy atom. The minimum absolute atomic E-state index is 0.0526. The number of carbonyl (C=O) groups excluding carboxylic acids is 2. The number of sulfonamides is 1. The first-order valence-electron chi connectivity index (χ1n) is 14.4. The van der Waals surface area contributed by atoms with E-state index in [0.29, 0.717) is 10.6 Å². The van der Waals surface area contributed by atoms with Gasteiger partial charge in [0.1, 0.15) is 18.3 Å². The molecule has 4 rings (SSSR count). The fourth-order valence-electron chi connectivity index (χ4n) is 5.00. The molecule has 48 heavy (non-hydrogen) atoms. The summed E-state index contributed by atoms with van der Waals surface area (Å²) < 4.78 is 35.0. The van der Waals surface area contributed by atoms with Crippen molar-refractivity contribution in [2.75, 3.05) is 25.0 Å². The molecule has 0 bridgehead atoms. The van der Waals surface area contributed by atoms with E-state index in [1.807, 2.05) is 6.07 Å². The summed E-state index contributed by atoms with van der Waals surface area (Å²) in [5.74, 6) is -1.25. The molecule has 0 radical (unpaired) electrons. The second-order valence-electron chi connectivity index (χ2n) is 10.6. The zero-order valence-electron chi connectivity index (χ0n) is 26.0.